The molecule has 14 aromatic rings. The van der Waals surface area contributed by atoms with E-state index < -0.39 is 0 Å². The van der Waals surface area contributed by atoms with Crippen LogP contribution >= 0.6 is 22.7 Å². The van der Waals surface area contributed by atoms with Crippen LogP contribution in [-0.4, -0.2) is 14.5 Å². The van der Waals surface area contributed by atoms with Crippen molar-refractivity contribution in [3.63, 3.8) is 0 Å². The maximum absolute atomic E-state index is 6.69. The summed E-state index contributed by atoms with van der Waals surface area (Å²) in [5.74, 6) is 1.42. The van der Waals surface area contributed by atoms with Crippen LogP contribution in [0.2, 0.25) is 0 Å². The molecule has 0 N–H and O–H groups in total. The highest BCUT2D eigenvalue weighted by atomic mass is 32.1. The molecule has 0 saturated heterocycles. The fourth-order valence-corrected chi connectivity index (χ4v) is 12.4. The van der Waals surface area contributed by atoms with Gasteiger partial charge in [-0.25, -0.2) is 4.98 Å². The molecule has 5 aromatic heterocycles. The highest BCUT2D eigenvalue weighted by Gasteiger charge is 2.27. The Morgan fingerprint density at radius 1 is 0.433 bits per heavy atom. The first kappa shape index (κ1) is 32.6. The van der Waals surface area contributed by atoms with Crippen LogP contribution < -0.4 is 0 Å². The number of hydrogen-bond donors (Lipinski definition) is 0. The van der Waals surface area contributed by atoms with Gasteiger partial charge in [-0.15, -0.1) is 22.7 Å². The summed E-state index contributed by atoms with van der Waals surface area (Å²) in [6, 6.07) is 63.3. The van der Waals surface area contributed by atoms with Gasteiger partial charge in [0.1, 0.15) is 5.58 Å². The monoisotopic (exact) mass is 799 g/mol. The molecule has 14 rings (SSSR count). The Hall–Kier alpha value is -7.38. The van der Waals surface area contributed by atoms with Gasteiger partial charge in [-0.3, -0.25) is 4.57 Å². The van der Waals surface area contributed by atoms with Crippen molar-refractivity contribution < 1.29 is 4.42 Å². The van der Waals surface area contributed by atoms with Crippen LogP contribution in [0, 0.1) is 0 Å². The number of benzene rings is 9. The zero-order valence-electron chi connectivity index (χ0n) is 31.8. The second-order valence-corrected chi connectivity index (χ2v) is 17.7. The van der Waals surface area contributed by atoms with E-state index >= 15 is 0 Å². The van der Waals surface area contributed by atoms with Gasteiger partial charge in [0.05, 0.1) is 16.4 Å². The van der Waals surface area contributed by atoms with Crippen molar-refractivity contribution in [1.82, 2.24) is 14.5 Å². The minimum Gasteiger partial charge on any atom is -0.437 e. The number of furan rings is 1. The molecule has 0 atom stereocenters. The zero-order chi connectivity index (χ0) is 39.1. The third-order valence-electron chi connectivity index (χ3n) is 12.4. The highest BCUT2D eigenvalue weighted by Crippen LogP contribution is 2.50. The summed E-state index contributed by atoms with van der Waals surface area (Å²) in [6.07, 6.45) is 0. The van der Waals surface area contributed by atoms with Crippen LogP contribution in [0.5, 0.6) is 0 Å². The summed E-state index contributed by atoms with van der Waals surface area (Å²) in [6.45, 7) is 0. The summed E-state index contributed by atoms with van der Waals surface area (Å²) in [5.41, 5.74) is 6.84. The first-order valence-electron chi connectivity index (χ1n) is 20.2. The predicted molar refractivity (Wildman–Crippen MR) is 255 cm³/mol. The lowest BCUT2D eigenvalue weighted by Crippen LogP contribution is -2.02. The summed E-state index contributed by atoms with van der Waals surface area (Å²) in [4.78, 5) is 10.9. The molecule has 6 heteroatoms. The van der Waals surface area contributed by atoms with Crippen LogP contribution in [0.4, 0.5) is 0 Å². The van der Waals surface area contributed by atoms with E-state index in [0.29, 0.717) is 11.5 Å². The van der Waals surface area contributed by atoms with Gasteiger partial charge in [-0.1, -0.05) is 146 Å². The lowest BCUT2D eigenvalue weighted by Gasteiger charge is -2.13. The number of hydrogen-bond acceptors (Lipinski definition) is 5. The molecule has 0 aliphatic heterocycles. The van der Waals surface area contributed by atoms with E-state index in [1.54, 1.807) is 0 Å². The number of para-hydroxylation sites is 1. The number of aromatic nitrogens is 3. The van der Waals surface area contributed by atoms with E-state index in [4.69, 9.17) is 14.4 Å². The number of nitrogens with zero attached hydrogens (tertiary/aromatic N) is 3. The maximum Gasteiger partial charge on any atom is 0.233 e. The molecular formula is C54H29N3OS2. The zero-order valence-corrected chi connectivity index (χ0v) is 33.4. The van der Waals surface area contributed by atoms with Crippen molar-refractivity contribution in [2.75, 3.05) is 0 Å². The normalized spacial score (nSPS) is 12.3. The molecule has 0 saturated carbocycles. The van der Waals surface area contributed by atoms with Gasteiger partial charge in [0, 0.05) is 67.5 Å². The molecular weight excluding hydrogens is 771 g/mol. The molecule has 4 nitrogen and oxygen atoms in total. The summed E-state index contributed by atoms with van der Waals surface area (Å²) in [7, 11) is 0. The molecule has 0 spiro atoms. The number of rotatable bonds is 3. The minimum atomic E-state index is 0.566. The molecule has 0 amide bonds. The van der Waals surface area contributed by atoms with Gasteiger partial charge in [0.25, 0.3) is 0 Å². The summed E-state index contributed by atoms with van der Waals surface area (Å²) >= 11 is 3.73. The van der Waals surface area contributed by atoms with Gasteiger partial charge >= 0.3 is 0 Å². The third-order valence-corrected chi connectivity index (χ3v) is 14.8. The van der Waals surface area contributed by atoms with Gasteiger partial charge in [-0.05, 0) is 57.6 Å². The average Bonchev–Trinajstić information content (AvgIpc) is 4.08. The van der Waals surface area contributed by atoms with Gasteiger partial charge in [-0.2, -0.15) is 4.98 Å². The van der Waals surface area contributed by atoms with Crippen molar-refractivity contribution in [3.05, 3.63) is 176 Å². The van der Waals surface area contributed by atoms with Gasteiger partial charge < -0.3 is 4.42 Å². The van der Waals surface area contributed by atoms with Crippen molar-refractivity contribution in [3.8, 4) is 28.3 Å². The lowest BCUT2D eigenvalue weighted by molar-refractivity contribution is 0.653. The first-order chi connectivity index (χ1) is 29.8. The van der Waals surface area contributed by atoms with Gasteiger partial charge in [0.15, 0.2) is 11.6 Å². The van der Waals surface area contributed by atoms with E-state index in [2.05, 4.69) is 168 Å². The average molecular weight is 800 g/mol. The van der Waals surface area contributed by atoms with Crippen LogP contribution in [0.25, 0.3) is 134 Å². The molecule has 278 valence electrons. The molecule has 0 fully saturated rings. The standard InChI is InChI=1S/C54H29N3OS2/c1-2-16-33-30(13-1)27-28-41-46(33)48-49(37-19-4-3-18-36(37)45-40-21-7-10-26-44(40)60-51(45)48)57(41)53-47-39-20-5-8-24-42(39)58-54(47)56-52(55-53)32-15-11-14-31(29-32)34-22-12-23-38-35-17-6-9-25-43(35)59-50(34)38/h1-29H. The Morgan fingerprint density at radius 2 is 1.10 bits per heavy atom. The molecule has 5 heterocycles. The Kier molecular flexibility index (Phi) is 6.56. The van der Waals surface area contributed by atoms with E-state index in [1.165, 1.54) is 78.2 Å². The van der Waals surface area contributed by atoms with Crippen molar-refractivity contribution in [1.29, 1.82) is 0 Å². The van der Waals surface area contributed by atoms with E-state index in [0.717, 1.165) is 44.3 Å². The molecule has 0 bridgehead atoms. The highest BCUT2D eigenvalue weighted by molar-refractivity contribution is 7.27. The second-order valence-electron chi connectivity index (χ2n) is 15.6. The summed E-state index contributed by atoms with van der Waals surface area (Å²) in [5, 5.41) is 14.4. The molecule has 0 aliphatic rings. The first-order valence-corrected chi connectivity index (χ1v) is 21.8. The minimum absolute atomic E-state index is 0.566. The Morgan fingerprint density at radius 3 is 1.98 bits per heavy atom. The Labute approximate surface area is 349 Å². The quantitative estimate of drug-likeness (QED) is 0.179. The molecule has 0 aliphatic carbocycles. The van der Waals surface area contributed by atoms with Crippen molar-refractivity contribution >= 4 is 128 Å². The SMILES string of the molecule is c1cc(-c2nc(-n3c4ccc5ccccc5c4c4c5sc6ccccc6c5c5ccccc5c43)c3c(n2)oc2ccccc23)cc(-c2cccc3c2sc2ccccc23)c1. The maximum atomic E-state index is 6.69. The van der Waals surface area contributed by atoms with E-state index in [-0.39, 0.29) is 0 Å². The fraction of sp³-hybridized carbons (Fsp3) is 0. The molecule has 60 heavy (non-hydrogen) atoms. The topological polar surface area (TPSA) is 43.9 Å². The van der Waals surface area contributed by atoms with Gasteiger partial charge in [0.2, 0.25) is 5.71 Å². The fourth-order valence-electron chi connectivity index (χ4n) is 9.85. The predicted octanol–water partition coefficient (Wildman–Crippen LogP) is 15.8. The lowest BCUT2D eigenvalue weighted by atomic mass is 9.98. The Balaban J connectivity index is 1.13. The molecule has 0 unspecified atom stereocenters. The largest absolute Gasteiger partial charge is 0.437 e. The third kappa shape index (κ3) is 4.38. The number of thiophene rings is 2. The van der Waals surface area contributed by atoms with Crippen LogP contribution in [0.3, 0.4) is 0 Å². The Bertz CT molecular complexity index is 4150. The molecule has 9 aromatic carbocycles. The van der Waals surface area contributed by atoms with Crippen LogP contribution in [0.15, 0.2) is 180 Å². The number of fused-ring (bicyclic) bond motifs is 18. The van der Waals surface area contributed by atoms with E-state index in [9.17, 15) is 0 Å². The second kappa shape index (κ2) is 12.1. The van der Waals surface area contributed by atoms with Crippen molar-refractivity contribution in [2.24, 2.45) is 0 Å². The van der Waals surface area contributed by atoms with Crippen LogP contribution in [0.1, 0.15) is 0 Å². The van der Waals surface area contributed by atoms with Crippen molar-refractivity contribution in [2.45, 2.75) is 0 Å². The van der Waals surface area contributed by atoms with Crippen LogP contribution in [-0.2, 0) is 0 Å². The summed E-state index contributed by atoms with van der Waals surface area (Å²) < 4.78 is 14.2. The molecule has 0 radical (unpaired) electrons. The van der Waals surface area contributed by atoms with E-state index in [1.807, 2.05) is 34.8 Å². The smallest absolute Gasteiger partial charge is 0.233 e.